The predicted octanol–water partition coefficient (Wildman–Crippen LogP) is -2.38. The first-order valence-electron chi connectivity index (χ1n) is 42.8. The number of nitrogens with one attached hydrogen (secondary N) is 13. The van der Waals surface area contributed by atoms with Gasteiger partial charge < -0.3 is 113 Å². The topological polar surface area (TPSA) is 643 Å². The molecule has 11 amide bonds. The Morgan fingerprint density at radius 3 is 2.02 bits per heavy atom. The summed E-state index contributed by atoms with van der Waals surface area (Å²) in [6, 6.07) is 6.59. The summed E-state index contributed by atoms with van der Waals surface area (Å²) in [5.74, 6) is -11.8. The van der Waals surface area contributed by atoms with Crippen LogP contribution in [0.2, 0.25) is 0 Å². The Morgan fingerprint density at radius 1 is 0.669 bits per heavy atom. The summed E-state index contributed by atoms with van der Waals surface area (Å²) in [7, 11) is 0. The first kappa shape index (κ1) is 101. The average Bonchev–Trinajstić information content (AvgIpc) is 1.60. The van der Waals surface area contributed by atoms with Gasteiger partial charge in [-0.05, 0) is 143 Å². The number of hydrogen-bond acceptors (Lipinski definition) is 29. The van der Waals surface area contributed by atoms with Crippen molar-refractivity contribution in [2.45, 2.75) is 186 Å². The molecule has 1 saturated carbocycles. The van der Waals surface area contributed by atoms with E-state index in [1.165, 1.54) is 38.4 Å². The Morgan fingerprint density at radius 2 is 1.35 bits per heavy atom. The number of fused-ring (bicyclic) bond motifs is 2. The molecule has 4 heterocycles. The number of aliphatic hydroxyl groups excluding tert-OH is 3. The summed E-state index contributed by atoms with van der Waals surface area (Å²) >= 11 is 0. The average molecular weight is 1820 g/mol. The molecule has 0 bridgehead atoms. The zero-order valence-electron chi connectivity index (χ0n) is 73.1. The molecular formula is C84H116FN23O22. The van der Waals surface area contributed by atoms with Crippen molar-refractivity contribution in [1.82, 2.24) is 114 Å². The Bertz CT molecular complexity index is 4860. The number of aryl methyl sites for hydroxylation is 4. The number of carboxylic acid groups (broad SMARTS) is 1. The number of carbonyl (C=O) groups is 12. The Kier molecular flexibility index (Phi) is 38.9. The van der Waals surface area contributed by atoms with Crippen molar-refractivity contribution in [1.29, 1.82) is 0 Å². The van der Waals surface area contributed by atoms with Crippen LogP contribution in [0.25, 0.3) is 11.1 Å². The van der Waals surface area contributed by atoms with E-state index in [1.54, 1.807) is 35.1 Å². The van der Waals surface area contributed by atoms with Crippen LogP contribution >= 0.6 is 0 Å². The number of hydrogen-bond donors (Lipinski definition) is 18. The van der Waals surface area contributed by atoms with Crippen LogP contribution in [-0.4, -0.2) is 292 Å². The van der Waals surface area contributed by atoms with E-state index in [-0.39, 0.29) is 31.0 Å². The zero-order valence-corrected chi connectivity index (χ0v) is 73.1. The molecule has 12 atom stereocenters. The lowest BCUT2D eigenvalue weighted by Crippen LogP contribution is -2.67. The molecule has 2 aliphatic rings. The van der Waals surface area contributed by atoms with Crippen LogP contribution in [-0.2, 0) is 135 Å². The molecule has 1 fully saturated rings. The van der Waals surface area contributed by atoms with Gasteiger partial charge in [-0.25, -0.2) is 14.2 Å². The lowest BCUT2D eigenvalue weighted by Gasteiger charge is -2.34. The SMILES string of the molecule is CCc1cc(OCCCCn2cc(COCCOCCOCCOCCNC(=O)OC[C@@H]3[C@@H]4CCc5[nH]nnc5CC[C@@H]43)nn2)ccc1-c1ccc(C[C@H](NC(=O)[C@H](CC(=O)O)NC(=O)[C@H](CO)NC(=O)[C@@H](NC(=O)[C@](C)(Cc2ccccc2F)NC(=O)[C@@H](NC(=O)CNC(=O)[C@H](Cc2nn[nH]n2)NC(=O)C(C)(C)C(=O)NCCc2cnc[nH]2)[C@@H](C)O)[C@@H](C)O)C(N)=O)cc1. The summed E-state index contributed by atoms with van der Waals surface area (Å²) in [5, 5.41) is 98.8. The third kappa shape index (κ3) is 31.2. The lowest BCUT2D eigenvalue weighted by molar-refractivity contribution is -0.143. The summed E-state index contributed by atoms with van der Waals surface area (Å²) in [6.45, 7) is 10.3. The largest absolute Gasteiger partial charge is 0.494 e. The number of unbranched alkanes of at least 4 members (excludes halogenated alkanes) is 1. The number of H-pyrrole nitrogens is 3. The van der Waals surface area contributed by atoms with Crippen LogP contribution in [0.5, 0.6) is 5.75 Å². The van der Waals surface area contributed by atoms with Crippen LogP contribution in [0.15, 0.2) is 85.5 Å². The van der Waals surface area contributed by atoms with Gasteiger partial charge in [0.25, 0.3) is 0 Å². The van der Waals surface area contributed by atoms with Gasteiger partial charge >= 0.3 is 12.1 Å². The molecule has 0 saturated heterocycles. The van der Waals surface area contributed by atoms with Crippen LogP contribution in [0.4, 0.5) is 9.18 Å². The molecule has 130 heavy (non-hydrogen) atoms. The van der Waals surface area contributed by atoms with E-state index in [1.807, 2.05) is 31.3 Å². The van der Waals surface area contributed by atoms with Gasteiger partial charge in [-0.2, -0.15) is 5.21 Å². The highest BCUT2D eigenvalue weighted by Gasteiger charge is 2.51. The summed E-state index contributed by atoms with van der Waals surface area (Å²) in [6.07, 6.45) is 4.68. The highest BCUT2D eigenvalue weighted by Crippen LogP contribution is 2.53. The number of halogens is 1. The maximum absolute atomic E-state index is 15.5. The molecule has 7 aromatic rings. The number of alkyl carbamates (subject to hydrolysis) is 1. The number of imidazole rings is 1. The molecule has 9 rings (SSSR count). The van der Waals surface area contributed by atoms with Crippen LogP contribution in [0.3, 0.4) is 0 Å². The highest BCUT2D eigenvalue weighted by atomic mass is 19.1. The van der Waals surface area contributed by atoms with E-state index in [2.05, 4.69) is 109 Å². The van der Waals surface area contributed by atoms with E-state index in [9.17, 15) is 78.0 Å². The molecule has 706 valence electrons. The number of carbonyl (C=O) groups excluding carboxylic acids is 11. The number of rotatable bonds is 56. The van der Waals surface area contributed by atoms with E-state index in [4.69, 9.17) is 34.2 Å². The zero-order chi connectivity index (χ0) is 93.9. The fraction of sp³-hybridized carbons (Fsp3) is 0.548. The number of nitrogens with zero attached hydrogens (tertiary/aromatic N) is 9. The molecule has 0 spiro atoms. The molecule has 4 aromatic heterocycles. The molecule has 0 aliphatic heterocycles. The minimum atomic E-state index is -2.39. The summed E-state index contributed by atoms with van der Waals surface area (Å²) < 4.78 is 51.3. The minimum absolute atomic E-state index is 0.0637. The maximum atomic E-state index is 15.5. The van der Waals surface area contributed by atoms with Gasteiger partial charge in [0, 0.05) is 57.2 Å². The number of amides is 11. The minimum Gasteiger partial charge on any atom is -0.494 e. The van der Waals surface area contributed by atoms with Gasteiger partial charge in [0.05, 0.1) is 122 Å². The lowest BCUT2D eigenvalue weighted by atomic mass is 9.90. The monoisotopic (exact) mass is 1820 g/mol. The van der Waals surface area contributed by atoms with Crippen LogP contribution in [0, 0.1) is 29.0 Å². The maximum Gasteiger partial charge on any atom is 0.407 e. The molecule has 2 aliphatic carbocycles. The van der Waals surface area contributed by atoms with Gasteiger partial charge in [-0.15, -0.1) is 20.4 Å². The Balaban J connectivity index is 0.678. The molecule has 3 aromatic carbocycles. The van der Waals surface area contributed by atoms with Gasteiger partial charge in [0.1, 0.15) is 64.5 Å². The molecule has 0 unspecified atom stereocenters. The number of aliphatic carboxylic acids is 1. The standard InChI is InChI=1S/C84H116FN23O22/c1-7-51-37-56(129-28-11-10-27-108-43-55(99-107-108)45-128-35-34-127-33-32-126-31-30-125-29-26-89-82(124)130-46-60-58-20-22-62-63(101-104-100-62)23-21-59(58)60)18-19-57(51)52-16-14-50(15-17-52)36-64(73(86)115)92-75(117)66(39-70(113)114)93-76(118)67(44-109)94-77(119)71(48(2)110)97-81(123)84(6,40-53-12-8-9-13-61(53)85)98-78(120)72(49(3)111)96-69(112)42-90-74(116)65(38-68-102-105-106-103-68)95-80(122)83(4,5)79(121)88-25-24-54-41-87-47-91-54/h8-9,12-19,37,41,43,47-49,58-60,64-67,71-72,109-111H,7,10-11,20-36,38-40,42,44-46H2,1-6H3,(H2,86,115)(H,87,91)(H,88,121)(H,89,124)(H,90,116)(H,92,117)(H,93,118)(H,94,119)(H,95,122)(H,96,112)(H,97,123)(H,98,120)(H,113,114)(H,100,101,104)(H,102,103,105,106)/t48-,49-,58-,59+,60-,64+,65+,66+,67+,71+,72+,84+/m1/s1. The third-order valence-electron chi connectivity index (χ3n) is 22.0. The molecular weight excluding hydrogens is 1700 g/mol. The Labute approximate surface area is 746 Å². The predicted molar refractivity (Wildman–Crippen MR) is 455 cm³/mol. The van der Waals surface area contributed by atoms with Crippen molar-refractivity contribution in [2.24, 2.45) is 28.9 Å². The quantitative estimate of drug-likeness (QED) is 0.0140. The number of ether oxygens (including phenoxy) is 6. The van der Waals surface area contributed by atoms with Crippen molar-refractivity contribution in [3.63, 3.8) is 0 Å². The number of aliphatic hydroxyl groups is 3. The molecule has 46 heteroatoms. The normalized spacial score (nSPS) is 16.3. The number of tetrazole rings is 1. The van der Waals surface area contributed by atoms with Crippen LogP contribution < -0.4 is 63.6 Å². The van der Waals surface area contributed by atoms with E-state index in [0.717, 1.165) is 93.4 Å². The summed E-state index contributed by atoms with van der Waals surface area (Å²) in [4.78, 5) is 169. The third-order valence-corrected chi connectivity index (χ3v) is 22.0. The van der Waals surface area contributed by atoms with E-state index < -0.39 is 169 Å². The van der Waals surface area contributed by atoms with Gasteiger partial charge in [0.2, 0.25) is 59.1 Å². The number of benzene rings is 3. The van der Waals surface area contributed by atoms with E-state index in [0.29, 0.717) is 126 Å². The second kappa shape index (κ2) is 50.2. The van der Waals surface area contributed by atoms with Crippen molar-refractivity contribution >= 4 is 71.1 Å². The van der Waals surface area contributed by atoms with Gasteiger partial charge in [0.15, 0.2) is 5.82 Å². The van der Waals surface area contributed by atoms with Crippen molar-refractivity contribution in [3.8, 4) is 16.9 Å². The highest BCUT2D eigenvalue weighted by molar-refractivity contribution is 6.06. The van der Waals surface area contributed by atoms with Gasteiger partial charge in [-0.3, -0.25) is 62.5 Å². The number of aromatic amines is 3. The fourth-order valence-electron chi connectivity index (χ4n) is 14.4. The number of aromatic nitrogens is 12. The smallest absolute Gasteiger partial charge is 0.407 e. The summed E-state index contributed by atoms with van der Waals surface area (Å²) in [5.41, 5.74) is 8.15. The van der Waals surface area contributed by atoms with Crippen molar-refractivity contribution < 1.29 is 111 Å². The van der Waals surface area contributed by atoms with Crippen molar-refractivity contribution in [2.75, 3.05) is 85.7 Å². The number of primary amides is 1. The molecule has 0 radical (unpaired) electrons. The molecule has 45 nitrogen and oxygen atoms in total. The van der Waals surface area contributed by atoms with Crippen LogP contribution in [0.1, 0.15) is 119 Å². The second-order valence-corrected chi connectivity index (χ2v) is 32.2. The first-order valence-corrected chi connectivity index (χ1v) is 42.8. The fourth-order valence-corrected chi connectivity index (χ4v) is 14.4. The number of nitrogens with two attached hydrogens (primary N) is 1. The van der Waals surface area contributed by atoms with Gasteiger partial charge in [-0.1, -0.05) is 71.1 Å². The number of carboxylic acids is 1. The molecule has 19 N–H and O–H groups in total. The first-order chi connectivity index (χ1) is 62.3. The second-order valence-electron chi connectivity index (χ2n) is 32.2. The van der Waals surface area contributed by atoms with Crippen molar-refractivity contribution in [3.05, 3.63) is 137 Å². The Hall–Kier alpha value is -12.9. The van der Waals surface area contributed by atoms with E-state index >= 15 is 4.39 Å².